The molecule has 0 saturated heterocycles. The summed E-state index contributed by atoms with van der Waals surface area (Å²) in [5, 5.41) is 0. The number of nitrogens with two attached hydrogens (primary N) is 2. The molecule has 0 radical (unpaired) electrons. The first-order valence-corrected chi connectivity index (χ1v) is 12.2. The summed E-state index contributed by atoms with van der Waals surface area (Å²) in [6.07, 6.45) is 13.1. The summed E-state index contributed by atoms with van der Waals surface area (Å²) >= 11 is 0. The molecular formula is C26H44N2O3. The third-order valence-electron chi connectivity index (χ3n) is 5.62. The van der Waals surface area contributed by atoms with Crippen LogP contribution in [0, 0.1) is 5.92 Å². The van der Waals surface area contributed by atoms with Gasteiger partial charge in [-0.05, 0) is 30.7 Å². The molecule has 0 aliphatic rings. The highest BCUT2D eigenvalue weighted by Crippen LogP contribution is 2.16. The van der Waals surface area contributed by atoms with Crippen molar-refractivity contribution in [3.05, 3.63) is 35.9 Å². The number of hydrogen-bond donors (Lipinski definition) is 2. The number of ether oxygens (including phenoxy) is 1. The van der Waals surface area contributed by atoms with E-state index in [2.05, 4.69) is 13.8 Å². The van der Waals surface area contributed by atoms with Gasteiger partial charge >= 0.3 is 5.97 Å². The lowest BCUT2D eigenvalue weighted by atomic mass is 10.0. The summed E-state index contributed by atoms with van der Waals surface area (Å²) in [7, 11) is 0. The Kier molecular flexibility index (Phi) is 14.7. The van der Waals surface area contributed by atoms with Crippen LogP contribution in [0.1, 0.15) is 96.5 Å². The zero-order valence-corrected chi connectivity index (χ0v) is 19.7. The van der Waals surface area contributed by atoms with Gasteiger partial charge in [0.1, 0.15) is 12.1 Å². The zero-order valence-electron chi connectivity index (χ0n) is 19.7. The molecule has 0 aliphatic heterocycles. The average molecular weight is 433 g/mol. The van der Waals surface area contributed by atoms with E-state index in [1.807, 2.05) is 30.3 Å². The van der Waals surface area contributed by atoms with Crippen molar-refractivity contribution in [2.45, 2.75) is 109 Å². The van der Waals surface area contributed by atoms with Crippen LogP contribution in [0.5, 0.6) is 0 Å². The minimum atomic E-state index is -0.738. The zero-order chi connectivity index (χ0) is 22.9. The van der Waals surface area contributed by atoms with Gasteiger partial charge in [0.15, 0.2) is 0 Å². The van der Waals surface area contributed by atoms with Crippen molar-refractivity contribution in [1.29, 1.82) is 0 Å². The molecular weight excluding hydrogens is 388 g/mol. The monoisotopic (exact) mass is 432 g/mol. The number of hydrogen-bond acceptors (Lipinski definition) is 4. The Morgan fingerprint density at radius 1 is 0.839 bits per heavy atom. The lowest BCUT2D eigenvalue weighted by molar-refractivity contribution is -0.152. The highest BCUT2D eigenvalue weighted by Gasteiger charge is 2.22. The molecule has 4 N–H and O–H groups in total. The molecule has 0 bridgehead atoms. The molecule has 1 aromatic carbocycles. The van der Waals surface area contributed by atoms with Crippen LogP contribution in [0.25, 0.3) is 0 Å². The molecule has 1 amide bonds. The molecule has 1 aromatic rings. The second-order valence-electron chi connectivity index (χ2n) is 9.18. The maximum absolute atomic E-state index is 12.4. The number of benzene rings is 1. The molecule has 5 nitrogen and oxygen atoms in total. The Bertz CT molecular complexity index is 604. The highest BCUT2D eigenvalue weighted by molar-refractivity contribution is 5.78. The van der Waals surface area contributed by atoms with Crippen molar-refractivity contribution in [3.8, 4) is 0 Å². The number of primary amides is 1. The summed E-state index contributed by atoms with van der Waals surface area (Å²) in [5.41, 5.74) is 12.3. The molecule has 0 heterocycles. The number of rotatable bonds is 18. The Morgan fingerprint density at radius 3 is 1.87 bits per heavy atom. The second kappa shape index (κ2) is 16.8. The number of esters is 1. The molecule has 2 atom stereocenters. The molecule has 1 rings (SSSR count). The van der Waals surface area contributed by atoms with E-state index in [0.29, 0.717) is 12.8 Å². The highest BCUT2D eigenvalue weighted by atomic mass is 16.5. The van der Waals surface area contributed by atoms with E-state index in [1.54, 1.807) is 0 Å². The van der Waals surface area contributed by atoms with Crippen LogP contribution in [0.3, 0.4) is 0 Å². The van der Waals surface area contributed by atoms with E-state index < -0.39 is 24.0 Å². The van der Waals surface area contributed by atoms with Crippen molar-refractivity contribution in [3.63, 3.8) is 0 Å². The minimum Gasteiger partial charge on any atom is -0.461 e. The fourth-order valence-electron chi connectivity index (χ4n) is 3.79. The second-order valence-corrected chi connectivity index (χ2v) is 9.18. The first-order chi connectivity index (χ1) is 14.9. The van der Waals surface area contributed by atoms with Crippen molar-refractivity contribution in [1.82, 2.24) is 0 Å². The van der Waals surface area contributed by atoms with Gasteiger partial charge in [0.2, 0.25) is 5.91 Å². The summed E-state index contributed by atoms with van der Waals surface area (Å²) in [6, 6.07) is 8.87. The van der Waals surface area contributed by atoms with Gasteiger partial charge in [0.25, 0.3) is 0 Å². The van der Waals surface area contributed by atoms with Crippen molar-refractivity contribution < 1.29 is 14.3 Å². The average Bonchev–Trinajstić information content (AvgIpc) is 2.71. The third-order valence-corrected chi connectivity index (χ3v) is 5.62. The topological polar surface area (TPSA) is 95.4 Å². The van der Waals surface area contributed by atoms with Gasteiger partial charge in [0, 0.05) is 0 Å². The van der Waals surface area contributed by atoms with Crippen LogP contribution < -0.4 is 11.5 Å². The van der Waals surface area contributed by atoms with Crippen LogP contribution in [0.4, 0.5) is 0 Å². The summed E-state index contributed by atoms with van der Waals surface area (Å²) < 4.78 is 5.53. The molecule has 5 heteroatoms. The number of unbranched alkanes of at least 4 members (excludes halogenated alkanes) is 8. The molecule has 0 unspecified atom stereocenters. The Labute approximate surface area is 189 Å². The van der Waals surface area contributed by atoms with Gasteiger partial charge < -0.3 is 16.2 Å². The standard InChI is InChI=1S/C26H44N2O3/c1-21(2)15-11-8-6-4-3-5-7-9-14-18-23(20-25(28)29)31-26(30)24(27)19-22-16-12-10-13-17-22/h10,12-13,16-17,21,23-24H,3-9,11,14-15,18-20,27H2,1-2H3,(H2,28,29)/t23-,24-/m0/s1. The van der Waals surface area contributed by atoms with Gasteiger partial charge in [-0.2, -0.15) is 0 Å². The summed E-state index contributed by atoms with van der Waals surface area (Å²) in [6.45, 7) is 4.57. The maximum Gasteiger partial charge on any atom is 0.323 e. The summed E-state index contributed by atoms with van der Waals surface area (Å²) in [4.78, 5) is 23.7. The Hall–Kier alpha value is -1.88. The maximum atomic E-state index is 12.4. The molecule has 176 valence electrons. The first-order valence-electron chi connectivity index (χ1n) is 12.2. The van der Waals surface area contributed by atoms with Crippen LogP contribution in [-0.4, -0.2) is 24.0 Å². The van der Waals surface area contributed by atoms with Gasteiger partial charge in [-0.25, -0.2) is 0 Å². The molecule has 31 heavy (non-hydrogen) atoms. The fraction of sp³-hybridized carbons (Fsp3) is 0.692. The lowest BCUT2D eigenvalue weighted by Gasteiger charge is -2.19. The van der Waals surface area contributed by atoms with Gasteiger partial charge in [-0.1, -0.05) is 102 Å². The van der Waals surface area contributed by atoms with E-state index in [9.17, 15) is 9.59 Å². The van der Waals surface area contributed by atoms with E-state index >= 15 is 0 Å². The number of carbonyl (C=O) groups is 2. The SMILES string of the molecule is CC(C)CCCCCCCCCCC[C@@H](CC(N)=O)OC(=O)[C@@H](N)Cc1ccccc1. The Morgan fingerprint density at radius 2 is 1.35 bits per heavy atom. The third kappa shape index (κ3) is 14.7. The quantitative estimate of drug-likeness (QED) is 0.243. The van der Waals surface area contributed by atoms with Crippen LogP contribution in [0.15, 0.2) is 30.3 Å². The van der Waals surface area contributed by atoms with Gasteiger partial charge in [-0.3, -0.25) is 9.59 Å². The smallest absolute Gasteiger partial charge is 0.323 e. The first kappa shape index (κ1) is 27.2. The van der Waals surface area contributed by atoms with Crippen molar-refractivity contribution in [2.75, 3.05) is 0 Å². The van der Waals surface area contributed by atoms with Crippen molar-refractivity contribution >= 4 is 11.9 Å². The Balaban J connectivity index is 2.19. The molecule has 0 saturated carbocycles. The predicted molar refractivity (Wildman–Crippen MR) is 127 cm³/mol. The summed E-state index contributed by atoms with van der Waals surface area (Å²) in [5.74, 6) is -0.100. The molecule has 0 spiro atoms. The number of carbonyl (C=O) groups excluding carboxylic acids is 2. The van der Waals surface area contributed by atoms with Crippen LogP contribution in [0.2, 0.25) is 0 Å². The largest absolute Gasteiger partial charge is 0.461 e. The van der Waals surface area contributed by atoms with E-state index in [1.165, 1.54) is 51.4 Å². The normalized spacial score (nSPS) is 13.2. The number of amides is 1. The lowest BCUT2D eigenvalue weighted by Crippen LogP contribution is -2.37. The predicted octanol–water partition coefficient (Wildman–Crippen LogP) is 5.29. The minimum absolute atomic E-state index is 0.0557. The fourth-order valence-corrected chi connectivity index (χ4v) is 3.79. The van der Waals surface area contributed by atoms with Crippen LogP contribution in [-0.2, 0) is 20.7 Å². The molecule has 0 aromatic heterocycles. The van der Waals surface area contributed by atoms with E-state index in [4.69, 9.17) is 16.2 Å². The van der Waals surface area contributed by atoms with Gasteiger partial charge in [-0.15, -0.1) is 0 Å². The van der Waals surface area contributed by atoms with Crippen LogP contribution >= 0.6 is 0 Å². The van der Waals surface area contributed by atoms with E-state index in [0.717, 1.165) is 24.3 Å². The molecule has 0 aliphatic carbocycles. The molecule has 0 fully saturated rings. The van der Waals surface area contributed by atoms with Crippen molar-refractivity contribution in [2.24, 2.45) is 17.4 Å². The van der Waals surface area contributed by atoms with E-state index in [-0.39, 0.29) is 6.42 Å². The van der Waals surface area contributed by atoms with Gasteiger partial charge in [0.05, 0.1) is 6.42 Å².